The summed E-state index contributed by atoms with van der Waals surface area (Å²) in [7, 11) is 0. The number of hydrogen-bond acceptors (Lipinski definition) is 4. The molecule has 1 fully saturated rings. The molecule has 18 heavy (non-hydrogen) atoms. The lowest BCUT2D eigenvalue weighted by Gasteiger charge is -2.07. The quantitative estimate of drug-likeness (QED) is 0.684. The van der Waals surface area contributed by atoms with E-state index in [9.17, 15) is 0 Å². The number of nitrogens with zero attached hydrogens (tertiary/aromatic N) is 4. The lowest BCUT2D eigenvalue weighted by molar-refractivity contribution is 0.639. The van der Waals surface area contributed by atoms with Crippen molar-refractivity contribution >= 4 is 16.8 Å². The molecule has 1 aliphatic carbocycles. The molecule has 3 aromatic heterocycles. The molecule has 0 spiro atoms. The van der Waals surface area contributed by atoms with Crippen LogP contribution in [0.25, 0.3) is 16.8 Å². The van der Waals surface area contributed by atoms with Gasteiger partial charge >= 0.3 is 0 Å². The van der Waals surface area contributed by atoms with Crippen molar-refractivity contribution in [3.05, 3.63) is 24.3 Å². The molecule has 6 nitrogen and oxygen atoms in total. The predicted octanol–water partition coefficient (Wildman–Crippen LogP) is 1.69. The summed E-state index contributed by atoms with van der Waals surface area (Å²) >= 11 is 0. The molecule has 3 aromatic rings. The van der Waals surface area contributed by atoms with E-state index >= 15 is 0 Å². The van der Waals surface area contributed by atoms with Crippen LogP contribution in [0.4, 0.5) is 0 Å². The van der Waals surface area contributed by atoms with E-state index in [1.54, 1.807) is 6.20 Å². The Hall–Kier alpha value is -1.95. The van der Waals surface area contributed by atoms with Gasteiger partial charge in [-0.1, -0.05) is 0 Å². The molecule has 6 heteroatoms. The molecular formula is C12H18N6. The molecule has 0 amide bonds. The average molecular weight is 246 g/mol. The number of aromatic nitrogens is 5. The zero-order chi connectivity index (χ0) is 12.1. The lowest BCUT2D eigenvalue weighted by atomic mass is 10.1. The van der Waals surface area contributed by atoms with Crippen molar-refractivity contribution < 1.29 is 2.85 Å². The van der Waals surface area contributed by atoms with E-state index in [2.05, 4.69) is 24.6 Å². The number of rotatable bonds is 1. The SMILES string of the molecule is N[C@H]1CC[C@@H](c2nnc3cnc4[nH]ccc4n23)C1.[HH].[HH]. The third kappa shape index (κ3) is 1.29. The van der Waals surface area contributed by atoms with Crippen LogP contribution in [0.2, 0.25) is 0 Å². The van der Waals surface area contributed by atoms with E-state index < -0.39 is 0 Å². The van der Waals surface area contributed by atoms with E-state index in [-0.39, 0.29) is 2.85 Å². The van der Waals surface area contributed by atoms with Crippen LogP contribution in [0.3, 0.4) is 0 Å². The maximum absolute atomic E-state index is 5.99. The largest absolute Gasteiger partial charge is 0.345 e. The number of aromatic amines is 1. The summed E-state index contributed by atoms with van der Waals surface area (Å²) in [6, 6.07) is 2.31. The van der Waals surface area contributed by atoms with Crippen LogP contribution in [-0.2, 0) is 0 Å². The Morgan fingerprint density at radius 3 is 3.17 bits per heavy atom. The number of hydrogen-bond donors (Lipinski definition) is 2. The van der Waals surface area contributed by atoms with Crippen LogP contribution in [-0.4, -0.2) is 30.6 Å². The number of nitrogens with two attached hydrogens (primary N) is 1. The summed E-state index contributed by atoms with van der Waals surface area (Å²) in [6.07, 6.45) is 6.80. The molecular weight excluding hydrogens is 228 g/mol. The number of fused-ring (bicyclic) bond motifs is 3. The van der Waals surface area contributed by atoms with Gasteiger partial charge in [0.25, 0.3) is 0 Å². The van der Waals surface area contributed by atoms with Crippen molar-refractivity contribution in [2.24, 2.45) is 5.73 Å². The molecule has 0 unspecified atom stereocenters. The zero-order valence-electron chi connectivity index (χ0n) is 9.87. The Balaban J connectivity index is 0.000000735. The smallest absolute Gasteiger partial charge is 0.179 e. The summed E-state index contributed by atoms with van der Waals surface area (Å²) in [6.45, 7) is 0. The van der Waals surface area contributed by atoms with Crippen molar-refractivity contribution in [3.8, 4) is 0 Å². The van der Waals surface area contributed by atoms with Gasteiger partial charge in [-0.2, -0.15) is 0 Å². The van der Waals surface area contributed by atoms with Crippen LogP contribution in [0.15, 0.2) is 18.5 Å². The first-order chi connectivity index (χ1) is 8.83. The molecule has 0 saturated heterocycles. The van der Waals surface area contributed by atoms with Gasteiger partial charge in [-0.25, -0.2) is 4.98 Å². The standard InChI is InChI=1S/C12H14N6.2H2/c13-8-2-1-7(5-8)12-17-16-10-6-15-11-9(18(10)12)3-4-14-11;;/h3-4,6-8,14H,1-2,5,13H2;2*1H/t7-,8+;;/m1../s1. The molecule has 96 valence electrons. The third-order valence-electron chi connectivity index (χ3n) is 3.81. The number of H-pyrrole nitrogens is 1. The highest BCUT2D eigenvalue weighted by Gasteiger charge is 2.27. The Morgan fingerprint density at radius 2 is 2.33 bits per heavy atom. The minimum Gasteiger partial charge on any atom is -0.345 e. The molecule has 3 heterocycles. The van der Waals surface area contributed by atoms with Crippen molar-refractivity contribution in [1.29, 1.82) is 0 Å². The molecule has 1 saturated carbocycles. The monoisotopic (exact) mass is 246 g/mol. The maximum Gasteiger partial charge on any atom is 0.179 e. The second-order valence-electron chi connectivity index (χ2n) is 4.99. The molecule has 0 aromatic carbocycles. The first-order valence-electron chi connectivity index (χ1n) is 6.25. The topological polar surface area (TPSA) is 84.9 Å². The molecule has 0 radical (unpaired) electrons. The van der Waals surface area contributed by atoms with E-state index in [1.807, 2.05) is 12.3 Å². The average Bonchev–Trinajstić information content (AvgIpc) is 3.03. The van der Waals surface area contributed by atoms with Crippen LogP contribution >= 0.6 is 0 Å². The Bertz CT molecular complexity index is 721. The lowest BCUT2D eigenvalue weighted by Crippen LogP contribution is -2.15. The van der Waals surface area contributed by atoms with Crippen LogP contribution < -0.4 is 5.73 Å². The number of nitrogens with one attached hydrogen (secondary N) is 1. The van der Waals surface area contributed by atoms with Crippen molar-refractivity contribution in [1.82, 2.24) is 24.6 Å². The fourth-order valence-electron chi connectivity index (χ4n) is 2.91. The second kappa shape index (κ2) is 3.52. The third-order valence-corrected chi connectivity index (χ3v) is 3.81. The Labute approximate surface area is 106 Å². The van der Waals surface area contributed by atoms with Gasteiger partial charge in [0.05, 0.1) is 11.7 Å². The van der Waals surface area contributed by atoms with Crippen molar-refractivity contribution in [3.63, 3.8) is 0 Å². The van der Waals surface area contributed by atoms with Gasteiger partial charge in [0, 0.05) is 21.0 Å². The van der Waals surface area contributed by atoms with Crippen molar-refractivity contribution in [2.75, 3.05) is 0 Å². The first kappa shape index (κ1) is 10.0. The highest BCUT2D eigenvalue weighted by molar-refractivity contribution is 5.74. The summed E-state index contributed by atoms with van der Waals surface area (Å²) in [5.74, 6) is 1.43. The van der Waals surface area contributed by atoms with Crippen molar-refractivity contribution in [2.45, 2.75) is 31.2 Å². The van der Waals surface area contributed by atoms with E-state index in [0.717, 1.165) is 41.9 Å². The second-order valence-corrected chi connectivity index (χ2v) is 4.99. The molecule has 0 aliphatic heterocycles. The highest BCUT2D eigenvalue weighted by atomic mass is 15.3. The van der Waals surface area contributed by atoms with Gasteiger partial charge in [0.2, 0.25) is 0 Å². The highest BCUT2D eigenvalue weighted by Crippen LogP contribution is 2.33. The minimum absolute atomic E-state index is 0. The van der Waals surface area contributed by atoms with Gasteiger partial charge in [-0.05, 0) is 25.3 Å². The summed E-state index contributed by atoms with van der Waals surface area (Å²) in [5, 5.41) is 8.56. The van der Waals surface area contributed by atoms with E-state index in [0.29, 0.717) is 12.0 Å². The van der Waals surface area contributed by atoms with Gasteiger partial charge in [0.15, 0.2) is 11.3 Å². The van der Waals surface area contributed by atoms with Crippen LogP contribution in [0.5, 0.6) is 0 Å². The fraction of sp³-hybridized carbons (Fsp3) is 0.417. The maximum atomic E-state index is 5.99. The first-order valence-corrected chi connectivity index (χ1v) is 6.25. The summed E-state index contributed by atoms with van der Waals surface area (Å²) in [4.78, 5) is 7.44. The fourth-order valence-corrected chi connectivity index (χ4v) is 2.91. The Kier molecular flexibility index (Phi) is 1.96. The van der Waals surface area contributed by atoms with Gasteiger partial charge in [0.1, 0.15) is 5.82 Å². The van der Waals surface area contributed by atoms with Gasteiger partial charge in [-0.15, -0.1) is 10.2 Å². The van der Waals surface area contributed by atoms with E-state index in [1.165, 1.54) is 0 Å². The van der Waals surface area contributed by atoms with Gasteiger partial charge < -0.3 is 10.7 Å². The van der Waals surface area contributed by atoms with Gasteiger partial charge in [-0.3, -0.25) is 4.40 Å². The summed E-state index contributed by atoms with van der Waals surface area (Å²) in [5.41, 5.74) is 8.70. The molecule has 1 aliphatic rings. The van der Waals surface area contributed by atoms with Crippen LogP contribution in [0.1, 0.15) is 33.9 Å². The normalized spacial score (nSPS) is 24.3. The Morgan fingerprint density at radius 1 is 1.39 bits per heavy atom. The minimum atomic E-state index is 0. The summed E-state index contributed by atoms with van der Waals surface area (Å²) < 4.78 is 2.10. The molecule has 3 N–H and O–H groups in total. The molecule has 0 bridgehead atoms. The molecule has 2 atom stereocenters. The van der Waals surface area contributed by atoms with E-state index in [4.69, 9.17) is 5.73 Å². The predicted molar refractivity (Wildman–Crippen MR) is 71.4 cm³/mol. The zero-order valence-corrected chi connectivity index (χ0v) is 9.87. The molecule has 4 rings (SSSR count). The van der Waals surface area contributed by atoms with Crippen LogP contribution in [0, 0.1) is 0 Å².